The van der Waals surface area contributed by atoms with E-state index >= 15 is 0 Å². The van der Waals surface area contributed by atoms with Crippen molar-refractivity contribution < 1.29 is 27.9 Å². The number of rotatable bonds is 6. The molecule has 1 N–H and O–H groups in total. The zero-order valence-corrected chi connectivity index (χ0v) is 12.3. The van der Waals surface area contributed by atoms with E-state index in [-0.39, 0.29) is 18.1 Å². The largest absolute Gasteiger partial charge is 0.480 e. The van der Waals surface area contributed by atoms with E-state index in [0.29, 0.717) is 6.42 Å². The summed E-state index contributed by atoms with van der Waals surface area (Å²) in [5.41, 5.74) is -0.691. The van der Waals surface area contributed by atoms with E-state index in [0.717, 1.165) is 23.3 Å². The van der Waals surface area contributed by atoms with Crippen molar-refractivity contribution in [2.45, 2.75) is 13.3 Å². The molecule has 0 aliphatic carbocycles. The number of halogens is 2. The van der Waals surface area contributed by atoms with E-state index in [9.17, 15) is 18.4 Å². The van der Waals surface area contributed by atoms with Crippen LogP contribution in [0.1, 0.15) is 23.8 Å². The van der Waals surface area contributed by atoms with Crippen molar-refractivity contribution in [1.82, 2.24) is 9.88 Å². The first-order chi connectivity index (χ1) is 10.9. The highest BCUT2D eigenvalue weighted by Gasteiger charge is 2.23. The van der Waals surface area contributed by atoms with Gasteiger partial charge in [-0.25, -0.2) is 13.8 Å². The van der Waals surface area contributed by atoms with Crippen LogP contribution in [0.15, 0.2) is 28.9 Å². The summed E-state index contributed by atoms with van der Waals surface area (Å²) in [4.78, 5) is 27.9. The predicted octanol–water partition coefficient (Wildman–Crippen LogP) is 2.56. The molecule has 23 heavy (non-hydrogen) atoms. The molecule has 1 heterocycles. The summed E-state index contributed by atoms with van der Waals surface area (Å²) in [6.45, 7) is 1.50. The van der Waals surface area contributed by atoms with E-state index in [1.807, 2.05) is 0 Å². The third-order valence-corrected chi connectivity index (χ3v) is 3.01. The van der Waals surface area contributed by atoms with Crippen LogP contribution in [-0.2, 0) is 4.79 Å². The summed E-state index contributed by atoms with van der Waals surface area (Å²) in [5.74, 6) is -3.98. The highest BCUT2D eigenvalue weighted by molar-refractivity contribution is 5.94. The molecule has 1 amide bonds. The van der Waals surface area contributed by atoms with Gasteiger partial charge >= 0.3 is 5.97 Å². The number of benzene rings is 1. The molecule has 0 saturated carbocycles. The molecule has 0 aliphatic heterocycles. The number of aliphatic carboxylic acids is 1. The van der Waals surface area contributed by atoms with Gasteiger partial charge in [0.15, 0.2) is 5.69 Å². The summed E-state index contributed by atoms with van der Waals surface area (Å²) >= 11 is 0. The smallest absolute Gasteiger partial charge is 0.323 e. The second kappa shape index (κ2) is 6.99. The molecule has 0 radical (unpaired) electrons. The molecule has 0 bridgehead atoms. The first-order valence-electron chi connectivity index (χ1n) is 6.85. The van der Waals surface area contributed by atoms with Crippen molar-refractivity contribution in [2.75, 3.05) is 13.1 Å². The van der Waals surface area contributed by atoms with Gasteiger partial charge in [0.1, 0.15) is 30.0 Å². The van der Waals surface area contributed by atoms with Crippen LogP contribution in [0, 0.1) is 11.6 Å². The Hall–Kier alpha value is -2.77. The normalized spacial score (nSPS) is 10.6. The molecular formula is C15H14F2N2O4. The molecule has 0 saturated heterocycles. The lowest BCUT2D eigenvalue weighted by atomic mass is 10.2. The summed E-state index contributed by atoms with van der Waals surface area (Å²) in [7, 11) is 0. The fourth-order valence-electron chi connectivity index (χ4n) is 2.04. The van der Waals surface area contributed by atoms with E-state index < -0.39 is 35.6 Å². The highest BCUT2D eigenvalue weighted by atomic mass is 19.1. The van der Waals surface area contributed by atoms with Crippen molar-refractivity contribution in [2.24, 2.45) is 0 Å². The molecule has 0 unspecified atom stereocenters. The topological polar surface area (TPSA) is 83.6 Å². The number of hydrogen-bond acceptors (Lipinski definition) is 4. The number of carbonyl (C=O) groups excluding carboxylic acids is 1. The van der Waals surface area contributed by atoms with Gasteiger partial charge in [-0.15, -0.1) is 0 Å². The number of nitrogens with zero attached hydrogens (tertiary/aromatic N) is 2. The van der Waals surface area contributed by atoms with E-state index in [1.165, 1.54) is 6.07 Å². The Bertz CT molecular complexity index is 710. The summed E-state index contributed by atoms with van der Waals surface area (Å²) in [6, 6.07) is 3.27. The minimum Gasteiger partial charge on any atom is -0.480 e. The summed E-state index contributed by atoms with van der Waals surface area (Å²) < 4.78 is 32.4. The number of oxazole rings is 1. The summed E-state index contributed by atoms with van der Waals surface area (Å²) in [5, 5.41) is 8.83. The Morgan fingerprint density at radius 2 is 1.96 bits per heavy atom. The second-order valence-corrected chi connectivity index (χ2v) is 4.76. The molecule has 1 aromatic heterocycles. The number of aromatic nitrogens is 1. The van der Waals surface area contributed by atoms with Crippen LogP contribution < -0.4 is 0 Å². The van der Waals surface area contributed by atoms with Gasteiger partial charge in [0, 0.05) is 6.54 Å². The Morgan fingerprint density at radius 3 is 2.52 bits per heavy atom. The number of carbonyl (C=O) groups is 2. The zero-order chi connectivity index (χ0) is 17.0. The summed E-state index contributed by atoms with van der Waals surface area (Å²) in [6.07, 6.45) is 1.50. The molecule has 2 rings (SSSR count). The van der Waals surface area contributed by atoms with Gasteiger partial charge in [0.25, 0.3) is 5.91 Å². The van der Waals surface area contributed by atoms with E-state index in [1.54, 1.807) is 6.92 Å². The molecule has 0 spiro atoms. The molecular weight excluding hydrogens is 310 g/mol. The molecule has 0 aliphatic rings. The fraction of sp³-hybridized carbons (Fsp3) is 0.267. The molecule has 0 atom stereocenters. The van der Waals surface area contributed by atoms with Crippen LogP contribution in [0.4, 0.5) is 8.78 Å². The van der Waals surface area contributed by atoms with Crippen LogP contribution in [0.3, 0.4) is 0 Å². The van der Waals surface area contributed by atoms with Crippen molar-refractivity contribution in [1.29, 1.82) is 0 Å². The maximum atomic E-state index is 13.7. The zero-order valence-electron chi connectivity index (χ0n) is 12.3. The molecule has 122 valence electrons. The Morgan fingerprint density at radius 1 is 1.30 bits per heavy atom. The third kappa shape index (κ3) is 3.71. The maximum Gasteiger partial charge on any atom is 0.323 e. The molecule has 8 heteroatoms. The SMILES string of the molecule is CCCN(CC(=O)O)C(=O)c1coc(-c2c(F)cccc2F)n1. The predicted molar refractivity (Wildman–Crippen MR) is 75.7 cm³/mol. The van der Waals surface area contributed by atoms with Crippen LogP contribution in [0.2, 0.25) is 0 Å². The number of carboxylic acids is 1. The van der Waals surface area contributed by atoms with Gasteiger partial charge in [0.2, 0.25) is 5.89 Å². The average Bonchev–Trinajstić information content (AvgIpc) is 2.95. The van der Waals surface area contributed by atoms with Gasteiger partial charge in [-0.05, 0) is 18.6 Å². The van der Waals surface area contributed by atoms with Crippen LogP contribution in [0.5, 0.6) is 0 Å². The number of carboxylic acid groups (broad SMARTS) is 1. The lowest BCUT2D eigenvalue weighted by Gasteiger charge is -2.18. The minimum absolute atomic E-state index is 0.210. The minimum atomic E-state index is -1.17. The standard InChI is InChI=1S/C15H14F2N2O4/c1-2-6-19(7-12(20)21)15(22)11-8-23-14(18-11)13-9(16)4-3-5-10(13)17/h3-5,8H,2,6-7H2,1H3,(H,20,21). The van der Waals surface area contributed by atoms with Gasteiger partial charge < -0.3 is 14.4 Å². The van der Waals surface area contributed by atoms with Gasteiger partial charge in [-0.3, -0.25) is 9.59 Å². The second-order valence-electron chi connectivity index (χ2n) is 4.76. The number of hydrogen-bond donors (Lipinski definition) is 1. The fourth-order valence-corrected chi connectivity index (χ4v) is 2.04. The first-order valence-corrected chi connectivity index (χ1v) is 6.85. The molecule has 1 aromatic carbocycles. The highest BCUT2D eigenvalue weighted by Crippen LogP contribution is 2.25. The van der Waals surface area contributed by atoms with Crippen molar-refractivity contribution in [3.63, 3.8) is 0 Å². The molecule has 6 nitrogen and oxygen atoms in total. The average molecular weight is 324 g/mol. The molecule has 0 fully saturated rings. The van der Waals surface area contributed by atoms with Gasteiger partial charge in [0.05, 0.1) is 0 Å². The lowest BCUT2D eigenvalue weighted by molar-refractivity contribution is -0.137. The van der Waals surface area contributed by atoms with Crippen LogP contribution in [0.25, 0.3) is 11.5 Å². The first kappa shape index (κ1) is 16.6. The Labute approximate surface area is 130 Å². The van der Waals surface area contributed by atoms with Crippen molar-refractivity contribution in [3.8, 4) is 11.5 Å². The molecule has 2 aromatic rings. The van der Waals surface area contributed by atoms with Crippen LogP contribution >= 0.6 is 0 Å². The monoisotopic (exact) mass is 324 g/mol. The Kier molecular flexibility index (Phi) is 5.05. The third-order valence-electron chi connectivity index (χ3n) is 3.01. The van der Waals surface area contributed by atoms with Crippen molar-refractivity contribution >= 4 is 11.9 Å². The van der Waals surface area contributed by atoms with Gasteiger partial charge in [-0.1, -0.05) is 13.0 Å². The quantitative estimate of drug-likeness (QED) is 0.883. The van der Waals surface area contributed by atoms with Crippen molar-refractivity contribution in [3.05, 3.63) is 41.8 Å². The maximum absolute atomic E-state index is 13.7. The van der Waals surface area contributed by atoms with E-state index in [2.05, 4.69) is 4.98 Å². The lowest BCUT2D eigenvalue weighted by Crippen LogP contribution is -2.36. The Balaban J connectivity index is 2.30. The van der Waals surface area contributed by atoms with E-state index in [4.69, 9.17) is 9.52 Å². The number of amides is 1. The van der Waals surface area contributed by atoms with Crippen LogP contribution in [-0.4, -0.2) is 40.0 Å². The van der Waals surface area contributed by atoms with Gasteiger partial charge in [-0.2, -0.15) is 0 Å².